The third-order valence-electron chi connectivity index (χ3n) is 5.91. The van der Waals surface area contributed by atoms with Gasteiger partial charge in [-0.25, -0.2) is 4.79 Å². The van der Waals surface area contributed by atoms with Crippen molar-refractivity contribution in [1.29, 1.82) is 0 Å². The van der Waals surface area contributed by atoms with Crippen molar-refractivity contribution in [2.45, 2.75) is 25.4 Å². The van der Waals surface area contributed by atoms with Crippen LogP contribution in [0.1, 0.15) is 18.4 Å². The Kier molecular flexibility index (Phi) is 5.19. The minimum Gasteiger partial charge on any atom is -0.422 e. The Morgan fingerprint density at radius 1 is 0.967 bits per heavy atom. The summed E-state index contributed by atoms with van der Waals surface area (Å²) in [5.41, 5.74) is 2.10. The van der Waals surface area contributed by atoms with Crippen LogP contribution in [0.3, 0.4) is 0 Å². The van der Waals surface area contributed by atoms with E-state index in [-0.39, 0.29) is 11.1 Å². The fraction of sp³-hybridized carbons (Fsp3) is 0.240. The highest BCUT2D eigenvalue weighted by molar-refractivity contribution is 6.34. The quantitative estimate of drug-likeness (QED) is 0.433. The Morgan fingerprint density at radius 3 is 2.53 bits per heavy atom. The van der Waals surface area contributed by atoms with E-state index in [9.17, 15) is 4.79 Å². The minimum absolute atomic E-state index is 0.132. The molecule has 0 unspecified atom stereocenters. The van der Waals surface area contributed by atoms with Crippen molar-refractivity contribution in [3.05, 3.63) is 87.7 Å². The van der Waals surface area contributed by atoms with E-state index in [4.69, 9.17) is 16.0 Å². The molecule has 0 aliphatic carbocycles. The third kappa shape index (κ3) is 3.81. The number of fused-ring (bicyclic) bond motifs is 2. The SMILES string of the molecule is O=c1oc2ccccc2c(NC2CCN(Cc3ccc4ccccc4c3)CC2)c1Cl. The minimum atomic E-state index is -0.494. The molecular formula is C25H23ClN2O2. The van der Waals surface area contributed by atoms with E-state index < -0.39 is 5.63 Å². The van der Waals surface area contributed by atoms with Crippen molar-refractivity contribution < 1.29 is 4.42 Å². The number of nitrogens with one attached hydrogen (secondary N) is 1. The molecule has 0 amide bonds. The summed E-state index contributed by atoms with van der Waals surface area (Å²) in [6, 6.07) is 23.0. The molecular weight excluding hydrogens is 396 g/mol. The first kappa shape index (κ1) is 19.2. The van der Waals surface area contributed by atoms with Gasteiger partial charge < -0.3 is 9.73 Å². The van der Waals surface area contributed by atoms with Gasteiger partial charge in [-0.1, -0.05) is 60.1 Å². The van der Waals surface area contributed by atoms with Crippen LogP contribution >= 0.6 is 11.6 Å². The zero-order valence-corrected chi connectivity index (χ0v) is 17.4. The standard InChI is InChI=1S/C25H23ClN2O2/c26-23-24(21-7-3-4-8-22(21)30-25(23)29)27-20-11-13-28(14-12-20)16-17-9-10-18-5-1-2-6-19(18)15-17/h1-10,15,20,27H,11-14,16H2. The number of likely N-dealkylation sites (tertiary alicyclic amines) is 1. The second-order valence-electron chi connectivity index (χ2n) is 7.95. The molecule has 1 aliphatic heterocycles. The van der Waals surface area contributed by atoms with E-state index in [0.29, 0.717) is 11.3 Å². The van der Waals surface area contributed by atoms with Crippen molar-refractivity contribution in [2.75, 3.05) is 18.4 Å². The molecule has 1 saturated heterocycles. The van der Waals surface area contributed by atoms with E-state index in [1.807, 2.05) is 18.2 Å². The van der Waals surface area contributed by atoms with E-state index in [2.05, 4.69) is 52.7 Å². The highest BCUT2D eigenvalue weighted by atomic mass is 35.5. The lowest BCUT2D eigenvalue weighted by Gasteiger charge is -2.33. The maximum absolute atomic E-state index is 12.1. The van der Waals surface area contributed by atoms with Gasteiger partial charge >= 0.3 is 5.63 Å². The molecule has 30 heavy (non-hydrogen) atoms. The molecule has 4 nitrogen and oxygen atoms in total. The van der Waals surface area contributed by atoms with Crippen molar-refractivity contribution in [2.24, 2.45) is 0 Å². The normalized spacial score (nSPS) is 15.6. The summed E-state index contributed by atoms with van der Waals surface area (Å²) in [6.07, 6.45) is 2.00. The molecule has 3 aromatic carbocycles. The zero-order valence-electron chi connectivity index (χ0n) is 16.6. The van der Waals surface area contributed by atoms with Crippen molar-refractivity contribution in [1.82, 2.24) is 4.90 Å². The molecule has 0 bridgehead atoms. The van der Waals surface area contributed by atoms with Crippen LogP contribution in [0.2, 0.25) is 5.02 Å². The number of para-hydroxylation sites is 1. The summed E-state index contributed by atoms with van der Waals surface area (Å²) in [7, 11) is 0. The molecule has 2 heterocycles. The first-order chi connectivity index (χ1) is 14.7. The van der Waals surface area contributed by atoms with Gasteiger partial charge in [0.2, 0.25) is 0 Å². The predicted octanol–water partition coefficient (Wildman–Crippen LogP) is 5.68. The van der Waals surface area contributed by atoms with Gasteiger partial charge in [0.05, 0.1) is 5.69 Å². The van der Waals surface area contributed by atoms with E-state index in [1.54, 1.807) is 6.07 Å². The highest BCUT2D eigenvalue weighted by Gasteiger charge is 2.22. The first-order valence-electron chi connectivity index (χ1n) is 10.4. The molecule has 5 heteroatoms. The van der Waals surface area contributed by atoms with Crippen molar-refractivity contribution >= 4 is 39.0 Å². The summed E-state index contributed by atoms with van der Waals surface area (Å²) < 4.78 is 5.30. The van der Waals surface area contributed by atoms with Gasteiger partial charge in [0.25, 0.3) is 0 Å². The second-order valence-corrected chi connectivity index (χ2v) is 8.33. The number of benzene rings is 3. The van der Waals surface area contributed by atoms with Gasteiger partial charge in [0, 0.05) is 31.1 Å². The van der Waals surface area contributed by atoms with Gasteiger partial charge in [-0.2, -0.15) is 0 Å². The molecule has 1 aromatic heterocycles. The number of hydrogen-bond donors (Lipinski definition) is 1. The number of anilines is 1. The Balaban J connectivity index is 1.27. The predicted molar refractivity (Wildman–Crippen MR) is 123 cm³/mol. The third-order valence-corrected chi connectivity index (χ3v) is 6.26. The van der Waals surface area contributed by atoms with Crippen LogP contribution in [0, 0.1) is 0 Å². The summed E-state index contributed by atoms with van der Waals surface area (Å²) in [5, 5.41) is 7.07. The lowest BCUT2D eigenvalue weighted by Crippen LogP contribution is -2.38. The Hall–Kier alpha value is -2.82. The molecule has 4 aromatic rings. The maximum Gasteiger partial charge on any atom is 0.357 e. The largest absolute Gasteiger partial charge is 0.422 e. The smallest absolute Gasteiger partial charge is 0.357 e. The molecule has 0 saturated carbocycles. The van der Waals surface area contributed by atoms with Crippen LogP contribution in [-0.2, 0) is 6.54 Å². The molecule has 1 fully saturated rings. The van der Waals surface area contributed by atoms with E-state index in [1.165, 1.54) is 16.3 Å². The molecule has 1 aliphatic rings. The molecule has 5 rings (SSSR count). The van der Waals surface area contributed by atoms with Gasteiger partial charge in [-0.15, -0.1) is 0 Å². The number of nitrogens with zero attached hydrogens (tertiary/aromatic N) is 1. The molecule has 0 atom stereocenters. The summed E-state index contributed by atoms with van der Waals surface area (Å²) in [5.74, 6) is 0. The number of piperidine rings is 1. The Bertz CT molecular complexity index is 1260. The van der Waals surface area contributed by atoms with Gasteiger partial charge in [-0.05, 0) is 47.4 Å². The van der Waals surface area contributed by atoms with Crippen molar-refractivity contribution in [3.63, 3.8) is 0 Å². The number of hydrogen-bond acceptors (Lipinski definition) is 4. The van der Waals surface area contributed by atoms with Crippen LogP contribution in [-0.4, -0.2) is 24.0 Å². The summed E-state index contributed by atoms with van der Waals surface area (Å²) in [4.78, 5) is 14.6. The van der Waals surface area contributed by atoms with Crippen molar-refractivity contribution in [3.8, 4) is 0 Å². The lowest BCUT2D eigenvalue weighted by molar-refractivity contribution is 0.211. The monoisotopic (exact) mass is 418 g/mol. The highest BCUT2D eigenvalue weighted by Crippen LogP contribution is 2.30. The van der Waals surface area contributed by atoms with Gasteiger partial charge in [0.15, 0.2) is 0 Å². The first-order valence-corrected chi connectivity index (χ1v) is 10.7. The fourth-order valence-electron chi connectivity index (χ4n) is 4.30. The average Bonchev–Trinajstić information content (AvgIpc) is 2.78. The molecule has 0 radical (unpaired) electrons. The van der Waals surface area contributed by atoms with Crippen LogP contribution < -0.4 is 10.9 Å². The number of halogens is 1. The summed E-state index contributed by atoms with van der Waals surface area (Å²) in [6.45, 7) is 2.96. The Labute approximate surface area is 180 Å². The van der Waals surface area contributed by atoms with Gasteiger partial charge in [-0.3, -0.25) is 4.90 Å². The van der Waals surface area contributed by atoms with Crippen LogP contribution in [0.4, 0.5) is 5.69 Å². The average molecular weight is 419 g/mol. The van der Waals surface area contributed by atoms with Crippen LogP contribution in [0.5, 0.6) is 0 Å². The Morgan fingerprint density at radius 2 is 1.70 bits per heavy atom. The van der Waals surface area contributed by atoms with Gasteiger partial charge in [0.1, 0.15) is 10.6 Å². The molecule has 0 spiro atoms. The fourth-order valence-corrected chi connectivity index (χ4v) is 4.50. The topological polar surface area (TPSA) is 45.5 Å². The van der Waals surface area contributed by atoms with Crippen LogP contribution in [0.15, 0.2) is 75.9 Å². The second kappa shape index (κ2) is 8.13. The molecule has 152 valence electrons. The zero-order chi connectivity index (χ0) is 20.5. The summed E-state index contributed by atoms with van der Waals surface area (Å²) >= 11 is 6.30. The van der Waals surface area contributed by atoms with E-state index >= 15 is 0 Å². The van der Waals surface area contributed by atoms with Crippen LogP contribution in [0.25, 0.3) is 21.7 Å². The molecule has 1 N–H and O–H groups in total. The van der Waals surface area contributed by atoms with E-state index in [0.717, 1.165) is 37.9 Å². The number of rotatable bonds is 4. The lowest BCUT2D eigenvalue weighted by atomic mass is 10.0. The maximum atomic E-state index is 12.1.